The molecule has 0 aliphatic carbocycles. The monoisotopic (exact) mass is 452 g/mol. The number of amides is 1. The van der Waals surface area contributed by atoms with Crippen LogP contribution in [0.25, 0.3) is 0 Å². The predicted molar refractivity (Wildman–Crippen MR) is 112 cm³/mol. The highest BCUT2D eigenvalue weighted by molar-refractivity contribution is 7.98. The molecular formula is C21H19F3N2O2S2. The Bertz CT molecular complexity index is 988. The van der Waals surface area contributed by atoms with E-state index in [-0.39, 0.29) is 18.2 Å². The smallest absolute Gasteiger partial charge is 0.422 e. The first-order valence-electron chi connectivity index (χ1n) is 9.00. The molecule has 0 spiro atoms. The summed E-state index contributed by atoms with van der Waals surface area (Å²) in [5.74, 6) is 0.583. The van der Waals surface area contributed by atoms with Gasteiger partial charge in [0.05, 0.1) is 16.3 Å². The van der Waals surface area contributed by atoms with Crippen molar-refractivity contribution in [3.63, 3.8) is 0 Å². The van der Waals surface area contributed by atoms with Gasteiger partial charge in [0.2, 0.25) is 0 Å². The maximum absolute atomic E-state index is 12.6. The number of nitrogens with one attached hydrogen (secondary N) is 1. The second kappa shape index (κ2) is 9.99. The number of thiazole rings is 1. The van der Waals surface area contributed by atoms with E-state index in [0.29, 0.717) is 11.3 Å². The van der Waals surface area contributed by atoms with Crippen molar-refractivity contribution in [2.75, 3.05) is 6.61 Å². The van der Waals surface area contributed by atoms with Gasteiger partial charge in [0.25, 0.3) is 5.91 Å². The zero-order chi connectivity index (χ0) is 21.6. The maximum atomic E-state index is 12.6. The molecule has 0 unspecified atom stereocenters. The highest BCUT2D eigenvalue weighted by Crippen LogP contribution is 2.27. The molecule has 0 atom stereocenters. The molecule has 1 aromatic heterocycles. The van der Waals surface area contributed by atoms with E-state index in [0.717, 1.165) is 21.2 Å². The fourth-order valence-electron chi connectivity index (χ4n) is 2.55. The SMILES string of the molecule is Cc1nc(CSc2ccccc2C(=O)NCc2ccc(OCC(F)(F)F)cc2)cs1. The number of rotatable bonds is 8. The molecule has 1 amide bonds. The van der Waals surface area contributed by atoms with Crippen molar-refractivity contribution in [2.24, 2.45) is 0 Å². The number of carbonyl (C=O) groups excluding carboxylic acids is 1. The van der Waals surface area contributed by atoms with Crippen LogP contribution in [0.5, 0.6) is 5.75 Å². The molecule has 3 rings (SSSR count). The van der Waals surface area contributed by atoms with Gasteiger partial charge in [-0.2, -0.15) is 13.2 Å². The number of halogens is 3. The Morgan fingerprint density at radius 2 is 1.90 bits per heavy atom. The van der Waals surface area contributed by atoms with Crippen molar-refractivity contribution in [1.29, 1.82) is 0 Å². The molecule has 158 valence electrons. The van der Waals surface area contributed by atoms with Crippen molar-refractivity contribution in [3.8, 4) is 5.75 Å². The third-order valence-corrected chi connectivity index (χ3v) is 5.88. The molecule has 0 aliphatic rings. The molecule has 1 N–H and O–H groups in total. The van der Waals surface area contributed by atoms with Crippen LogP contribution >= 0.6 is 23.1 Å². The summed E-state index contributed by atoms with van der Waals surface area (Å²) in [5, 5.41) is 5.86. The van der Waals surface area contributed by atoms with Gasteiger partial charge in [-0.3, -0.25) is 4.79 Å². The van der Waals surface area contributed by atoms with E-state index in [9.17, 15) is 18.0 Å². The topological polar surface area (TPSA) is 51.2 Å². The molecule has 0 bridgehead atoms. The van der Waals surface area contributed by atoms with Gasteiger partial charge < -0.3 is 10.1 Å². The molecule has 0 saturated heterocycles. The second-order valence-corrected chi connectivity index (χ2v) is 8.45. The van der Waals surface area contributed by atoms with Crippen molar-refractivity contribution < 1.29 is 22.7 Å². The average molecular weight is 453 g/mol. The van der Waals surface area contributed by atoms with Crippen molar-refractivity contribution in [2.45, 2.75) is 30.3 Å². The number of ether oxygens (including phenoxy) is 1. The molecule has 0 saturated carbocycles. The molecule has 9 heteroatoms. The summed E-state index contributed by atoms with van der Waals surface area (Å²) >= 11 is 3.14. The van der Waals surface area contributed by atoms with E-state index in [4.69, 9.17) is 0 Å². The van der Waals surface area contributed by atoms with Gasteiger partial charge in [-0.05, 0) is 36.8 Å². The summed E-state index contributed by atoms with van der Waals surface area (Å²) in [5.41, 5.74) is 2.30. The molecule has 0 fully saturated rings. The van der Waals surface area contributed by atoms with Gasteiger partial charge >= 0.3 is 6.18 Å². The van der Waals surface area contributed by atoms with E-state index in [1.807, 2.05) is 24.4 Å². The van der Waals surface area contributed by atoms with Gasteiger partial charge in [0.15, 0.2) is 6.61 Å². The molecule has 4 nitrogen and oxygen atoms in total. The largest absolute Gasteiger partial charge is 0.484 e. The Hall–Kier alpha value is -2.52. The summed E-state index contributed by atoms with van der Waals surface area (Å²) < 4.78 is 41.3. The first-order valence-corrected chi connectivity index (χ1v) is 10.9. The number of hydrogen-bond acceptors (Lipinski definition) is 5. The van der Waals surface area contributed by atoms with Crippen LogP contribution in [0, 0.1) is 6.92 Å². The quantitative estimate of drug-likeness (QED) is 0.451. The highest BCUT2D eigenvalue weighted by atomic mass is 32.2. The van der Waals surface area contributed by atoms with E-state index in [1.165, 1.54) is 12.1 Å². The first kappa shape index (κ1) is 22.2. The van der Waals surface area contributed by atoms with Crippen LogP contribution in [0.4, 0.5) is 13.2 Å². The lowest BCUT2D eigenvalue weighted by Gasteiger charge is -2.11. The van der Waals surface area contributed by atoms with Crippen LogP contribution in [-0.2, 0) is 12.3 Å². The number of alkyl halides is 3. The van der Waals surface area contributed by atoms with Gasteiger partial charge in [-0.1, -0.05) is 24.3 Å². The fourth-order valence-corrected chi connectivity index (χ4v) is 4.21. The molecule has 0 radical (unpaired) electrons. The number of nitrogens with zero attached hydrogens (tertiary/aromatic N) is 1. The van der Waals surface area contributed by atoms with Crippen LogP contribution in [0.15, 0.2) is 58.8 Å². The van der Waals surface area contributed by atoms with Crippen LogP contribution in [0.2, 0.25) is 0 Å². The molecule has 3 aromatic rings. The summed E-state index contributed by atoms with van der Waals surface area (Å²) in [6.07, 6.45) is -4.38. The predicted octanol–water partition coefficient (Wildman–Crippen LogP) is 5.61. The van der Waals surface area contributed by atoms with Crippen LogP contribution in [0.1, 0.15) is 26.6 Å². The average Bonchev–Trinajstić information content (AvgIpc) is 3.14. The lowest BCUT2D eigenvalue weighted by molar-refractivity contribution is -0.153. The fraction of sp³-hybridized carbons (Fsp3) is 0.238. The minimum atomic E-state index is -4.38. The second-order valence-electron chi connectivity index (χ2n) is 6.37. The highest BCUT2D eigenvalue weighted by Gasteiger charge is 2.28. The Kier molecular flexibility index (Phi) is 7.38. The minimum absolute atomic E-state index is 0.126. The van der Waals surface area contributed by atoms with Crippen molar-refractivity contribution >= 4 is 29.0 Å². The Balaban J connectivity index is 1.56. The standard InChI is InChI=1S/C21H19F3N2O2S2/c1-14-26-16(11-29-14)12-30-19-5-3-2-4-18(19)20(27)25-10-15-6-8-17(9-7-15)28-13-21(22,23)24/h2-9,11H,10,12-13H2,1H3,(H,25,27). The van der Waals surface area contributed by atoms with Gasteiger partial charge in [0.1, 0.15) is 5.75 Å². The minimum Gasteiger partial charge on any atom is -0.484 e. The number of aromatic nitrogens is 1. The number of carbonyl (C=O) groups is 1. The molecule has 30 heavy (non-hydrogen) atoms. The first-order chi connectivity index (χ1) is 14.3. The van der Waals surface area contributed by atoms with E-state index >= 15 is 0 Å². The van der Waals surface area contributed by atoms with Crippen LogP contribution < -0.4 is 10.1 Å². The Morgan fingerprint density at radius 3 is 2.57 bits per heavy atom. The zero-order valence-corrected chi connectivity index (χ0v) is 17.7. The van der Waals surface area contributed by atoms with Gasteiger partial charge in [0, 0.05) is 22.6 Å². The molecule has 0 aliphatic heterocycles. The van der Waals surface area contributed by atoms with Crippen LogP contribution in [0.3, 0.4) is 0 Å². The summed E-state index contributed by atoms with van der Waals surface area (Å²) in [7, 11) is 0. The number of hydrogen-bond donors (Lipinski definition) is 1. The third-order valence-electron chi connectivity index (χ3n) is 3.95. The van der Waals surface area contributed by atoms with Crippen molar-refractivity contribution in [1.82, 2.24) is 10.3 Å². The maximum Gasteiger partial charge on any atom is 0.422 e. The lowest BCUT2D eigenvalue weighted by atomic mass is 10.2. The third kappa shape index (κ3) is 6.77. The van der Waals surface area contributed by atoms with Crippen molar-refractivity contribution in [3.05, 3.63) is 75.7 Å². The molecular weight excluding hydrogens is 433 g/mol. The zero-order valence-electron chi connectivity index (χ0n) is 16.0. The Morgan fingerprint density at radius 1 is 1.17 bits per heavy atom. The number of benzene rings is 2. The lowest BCUT2D eigenvalue weighted by Crippen LogP contribution is -2.23. The van der Waals surface area contributed by atoms with E-state index in [2.05, 4.69) is 15.0 Å². The number of aryl methyl sites for hydroxylation is 1. The van der Waals surface area contributed by atoms with Gasteiger partial charge in [-0.25, -0.2) is 4.98 Å². The van der Waals surface area contributed by atoms with Crippen LogP contribution in [-0.4, -0.2) is 23.7 Å². The summed E-state index contributed by atoms with van der Waals surface area (Å²) in [6, 6.07) is 13.5. The summed E-state index contributed by atoms with van der Waals surface area (Å²) in [6.45, 7) is 0.871. The van der Waals surface area contributed by atoms with E-state index < -0.39 is 12.8 Å². The molecule has 2 aromatic carbocycles. The summed E-state index contributed by atoms with van der Waals surface area (Å²) in [4.78, 5) is 17.9. The molecule has 1 heterocycles. The number of thioether (sulfide) groups is 1. The Labute approximate surface area is 180 Å². The van der Waals surface area contributed by atoms with Gasteiger partial charge in [-0.15, -0.1) is 23.1 Å². The normalized spacial score (nSPS) is 11.3. The van der Waals surface area contributed by atoms with E-state index in [1.54, 1.807) is 47.4 Å².